The van der Waals surface area contributed by atoms with Crippen molar-refractivity contribution in [1.82, 2.24) is 24.2 Å². The van der Waals surface area contributed by atoms with Crippen molar-refractivity contribution in [3.63, 3.8) is 0 Å². The Kier molecular flexibility index (Phi) is 11.1. The number of hydrogen-bond donors (Lipinski definition) is 1. The van der Waals surface area contributed by atoms with Crippen LogP contribution < -0.4 is 4.65 Å². The number of carbonyl (C=O) groups is 1. The average molecular weight is 471 g/mol. The van der Waals surface area contributed by atoms with Gasteiger partial charge < -0.3 is 14.6 Å². The zero-order valence-corrected chi connectivity index (χ0v) is 20.4. The van der Waals surface area contributed by atoms with E-state index in [9.17, 15) is 9.90 Å². The van der Waals surface area contributed by atoms with Gasteiger partial charge in [-0.1, -0.05) is 39.0 Å². The van der Waals surface area contributed by atoms with Crippen molar-refractivity contribution < 1.29 is 24.2 Å². The predicted molar refractivity (Wildman–Crippen MR) is 124 cm³/mol. The van der Waals surface area contributed by atoms with Gasteiger partial charge in [0, 0.05) is 6.42 Å². The minimum absolute atomic E-state index is 0.0252. The molecule has 11 heteroatoms. The Morgan fingerprint density at radius 3 is 2.44 bits per heavy atom. The van der Waals surface area contributed by atoms with Crippen LogP contribution in [-0.2, 0) is 21.0 Å². The van der Waals surface area contributed by atoms with Crippen LogP contribution in [0.15, 0.2) is 11.4 Å². The van der Waals surface area contributed by atoms with E-state index in [4.69, 9.17) is 14.3 Å². The van der Waals surface area contributed by atoms with Crippen LogP contribution in [0.3, 0.4) is 0 Å². The molecule has 0 amide bonds. The number of aliphatic hydroxyl groups excluding tert-OH is 1. The highest BCUT2D eigenvalue weighted by atomic mass is 32.2. The van der Waals surface area contributed by atoms with Gasteiger partial charge in [0.05, 0.1) is 19.5 Å². The van der Waals surface area contributed by atoms with Crippen LogP contribution in [0.5, 0.6) is 0 Å². The van der Waals surface area contributed by atoms with Gasteiger partial charge in [-0.15, -0.1) is 16.4 Å². The lowest BCUT2D eigenvalue weighted by molar-refractivity contribution is -0.118. The highest BCUT2D eigenvalue weighted by Gasteiger charge is 2.28. The van der Waals surface area contributed by atoms with Gasteiger partial charge in [0.2, 0.25) is 0 Å². The summed E-state index contributed by atoms with van der Waals surface area (Å²) in [4.78, 5) is 31.0. The summed E-state index contributed by atoms with van der Waals surface area (Å²) in [5, 5.41) is 10.2. The van der Waals surface area contributed by atoms with Crippen molar-refractivity contribution in [2.75, 3.05) is 40.2 Å². The molecule has 180 valence electrons. The number of quaternary nitrogens is 1. The molecule has 0 saturated heterocycles. The number of unbranched alkanes of at least 4 members (excludes halogenated alkanes) is 5. The third-order valence-electron chi connectivity index (χ3n) is 4.89. The van der Waals surface area contributed by atoms with E-state index in [-0.39, 0.29) is 18.0 Å². The Balaban J connectivity index is 1.73. The number of carbonyl (C=O) groups excluding carboxylic acids is 1. The molecule has 2 aromatic heterocycles. The molecule has 0 aliphatic heterocycles. The Labute approximate surface area is 193 Å². The fraction of sp³-hybridized carbons (Fsp3) is 0.714. The number of imidazole rings is 1. The van der Waals surface area contributed by atoms with Gasteiger partial charge >= 0.3 is 12.1 Å². The van der Waals surface area contributed by atoms with Crippen LogP contribution in [0, 0.1) is 0 Å². The molecule has 0 bridgehead atoms. The van der Waals surface area contributed by atoms with Gasteiger partial charge in [-0.3, -0.25) is 4.57 Å². The highest BCUT2D eigenvalue weighted by Crippen LogP contribution is 2.26. The lowest BCUT2D eigenvalue weighted by Gasteiger charge is -2.24. The minimum Gasteiger partial charge on any atom is -0.434 e. The van der Waals surface area contributed by atoms with Gasteiger partial charge in [-0.25, -0.2) is 9.78 Å². The second-order valence-electron chi connectivity index (χ2n) is 7.81. The lowest BCUT2D eigenvalue weighted by Crippen LogP contribution is -2.42. The Bertz CT molecular complexity index is 845. The number of aromatic nitrogens is 4. The van der Waals surface area contributed by atoms with Gasteiger partial charge in [-0.2, -0.15) is 14.8 Å². The first-order chi connectivity index (χ1) is 15.4. The number of hydroxylamine groups is 2. The molecule has 2 rings (SSSR count). The summed E-state index contributed by atoms with van der Waals surface area (Å²) in [6.45, 7) is 2.91. The molecule has 32 heavy (non-hydrogen) atoms. The number of thioether (sulfide) groups is 1. The number of rotatable bonds is 15. The smallest absolute Gasteiger partial charge is 0.434 e. The molecule has 0 aliphatic carbocycles. The molecule has 0 aromatic carbocycles. The van der Waals surface area contributed by atoms with E-state index in [1.807, 2.05) is 20.4 Å². The zero-order chi connectivity index (χ0) is 23.4. The molecule has 0 aliphatic rings. The molecule has 0 unspecified atom stereocenters. The summed E-state index contributed by atoms with van der Waals surface area (Å²) < 4.78 is 11.7. The van der Waals surface area contributed by atoms with Crippen molar-refractivity contribution in [1.29, 1.82) is 0 Å². The van der Waals surface area contributed by atoms with Gasteiger partial charge in [0.15, 0.2) is 5.65 Å². The van der Waals surface area contributed by atoms with Crippen LogP contribution in [0.4, 0.5) is 10.7 Å². The zero-order valence-electron chi connectivity index (χ0n) is 19.6. The second-order valence-corrected chi connectivity index (χ2v) is 8.61. The average Bonchev–Trinajstić information content (AvgIpc) is 3.20. The molecular weight excluding hydrogens is 434 g/mol. The van der Waals surface area contributed by atoms with Crippen LogP contribution in [0.1, 0.15) is 51.9 Å². The van der Waals surface area contributed by atoms with Crippen molar-refractivity contribution in [2.45, 2.75) is 63.6 Å². The SMILES string of the molecule is CCCCCCCCOC(=O)OCCCO[N+](C)(C)c1nc(SC)c2ncn(CO)c2n1. The van der Waals surface area contributed by atoms with Gasteiger partial charge in [0.25, 0.3) is 0 Å². The van der Waals surface area contributed by atoms with E-state index in [1.54, 1.807) is 4.57 Å². The number of nitrogens with zero attached hydrogens (tertiary/aromatic N) is 5. The first-order valence-corrected chi connectivity index (χ1v) is 12.3. The van der Waals surface area contributed by atoms with E-state index >= 15 is 0 Å². The van der Waals surface area contributed by atoms with E-state index in [2.05, 4.69) is 21.9 Å². The fourth-order valence-corrected chi connectivity index (χ4v) is 3.55. The quantitative estimate of drug-likeness (QED) is 0.103. The Morgan fingerprint density at radius 1 is 1.06 bits per heavy atom. The second kappa shape index (κ2) is 13.6. The number of aliphatic hydroxyl groups is 1. The van der Waals surface area contributed by atoms with Crippen molar-refractivity contribution in [2.24, 2.45) is 0 Å². The molecule has 2 heterocycles. The third-order valence-corrected chi connectivity index (χ3v) is 5.56. The summed E-state index contributed by atoms with van der Waals surface area (Å²) in [5.41, 5.74) is 1.19. The molecule has 1 N–H and O–H groups in total. The molecular formula is C21H36N5O5S+. The van der Waals surface area contributed by atoms with E-state index < -0.39 is 6.16 Å². The Hall–Kier alpha value is -1.95. The first kappa shape index (κ1) is 26.3. The minimum atomic E-state index is -0.636. The van der Waals surface area contributed by atoms with Crippen molar-refractivity contribution in [3.05, 3.63) is 6.33 Å². The normalized spacial score (nSPS) is 11.8. The van der Waals surface area contributed by atoms with Gasteiger partial charge in [0.1, 0.15) is 38.0 Å². The summed E-state index contributed by atoms with van der Waals surface area (Å²) in [6, 6.07) is 0. The molecule has 0 saturated carbocycles. The molecule has 0 spiro atoms. The monoisotopic (exact) mass is 470 g/mol. The maximum Gasteiger partial charge on any atom is 0.508 e. The van der Waals surface area contributed by atoms with Crippen LogP contribution in [0.25, 0.3) is 11.2 Å². The summed E-state index contributed by atoms with van der Waals surface area (Å²) in [7, 11) is 3.64. The summed E-state index contributed by atoms with van der Waals surface area (Å²) in [5.74, 6) is 0.441. The Morgan fingerprint density at radius 2 is 1.75 bits per heavy atom. The molecule has 2 aromatic rings. The molecule has 0 atom stereocenters. The van der Waals surface area contributed by atoms with Crippen molar-refractivity contribution in [3.8, 4) is 0 Å². The third kappa shape index (κ3) is 7.88. The van der Waals surface area contributed by atoms with E-state index in [1.165, 1.54) is 43.8 Å². The summed E-state index contributed by atoms with van der Waals surface area (Å²) in [6.07, 6.45) is 10.1. The van der Waals surface area contributed by atoms with Gasteiger partial charge in [-0.05, 0) is 12.7 Å². The maximum absolute atomic E-state index is 11.6. The first-order valence-electron chi connectivity index (χ1n) is 11.1. The van der Waals surface area contributed by atoms with E-state index in [0.29, 0.717) is 41.8 Å². The standard InChI is InChI=1S/C21H36N5O5S/c1-5-6-7-8-9-10-12-29-21(28)30-13-11-14-31-26(2,3)20-23-18-17(19(24-20)32-4)22-15-25(18)16-27/h15,27H,5-14,16H2,1-4H3/q+1. The molecule has 0 fully saturated rings. The van der Waals surface area contributed by atoms with Crippen LogP contribution in [-0.4, -0.2) is 71.0 Å². The van der Waals surface area contributed by atoms with Crippen LogP contribution in [0.2, 0.25) is 0 Å². The summed E-state index contributed by atoms with van der Waals surface area (Å²) >= 11 is 1.45. The lowest BCUT2D eigenvalue weighted by atomic mass is 10.1. The number of hydrogen-bond acceptors (Lipinski definition) is 9. The van der Waals surface area contributed by atoms with Crippen LogP contribution >= 0.6 is 11.8 Å². The van der Waals surface area contributed by atoms with E-state index in [0.717, 1.165) is 12.8 Å². The fourth-order valence-electron chi connectivity index (χ4n) is 3.04. The maximum atomic E-state index is 11.6. The number of ether oxygens (including phenoxy) is 2. The predicted octanol–water partition coefficient (Wildman–Crippen LogP) is 3.90. The number of fused-ring (bicyclic) bond motifs is 1. The molecule has 10 nitrogen and oxygen atoms in total. The highest BCUT2D eigenvalue weighted by molar-refractivity contribution is 7.98. The molecule has 0 radical (unpaired) electrons. The van der Waals surface area contributed by atoms with Crippen molar-refractivity contribution >= 4 is 35.0 Å². The largest absolute Gasteiger partial charge is 0.508 e. The topological polar surface area (TPSA) is 109 Å².